The Morgan fingerprint density at radius 2 is 1.92 bits per heavy atom. The lowest BCUT2D eigenvalue weighted by Crippen LogP contribution is -2.26. The minimum Gasteiger partial charge on any atom is -0.484 e. The van der Waals surface area contributed by atoms with Crippen LogP contribution in [0.5, 0.6) is 5.75 Å². The van der Waals surface area contributed by atoms with Gasteiger partial charge in [-0.05, 0) is 30.7 Å². The second-order valence-corrected chi connectivity index (χ2v) is 6.68. The fraction of sp³-hybridized carbons (Fsp3) is 0.263. The first kappa shape index (κ1) is 18.9. The topological polar surface area (TPSA) is 81.4 Å². The summed E-state index contributed by atoms with van der Waals surface area (Å²) in [5.74, 6) is 1.48. The van der Waals surface area contributed by atoms with Crippen molar-refractivity contribution in [2.24, 2.45) is 5.73 Å². The molecule has 25 heavy (non-hydrogen) atoms. The Balaban J connectivity index is 1.71. The van der Waals surface area contributed by atoms with Gasteiger partial charge in [-0.1, -0.05) is 35.9 Å². The van der Waals surface area contributed by atoms with Crippen LogP contribution in [0.25, 0.3) is 0 Å². The highest BCUT2D eigenvalue weighted by Gasteiger charge is 2.07. The number of ether oxygens (including phenoxy) is 1. The van der Waals surface area contributed by atoms with Crippen molar-refractivity contribution in [2.45, 2.75) is 12.7 Å². The van der Waals surface area contributed by atoms with Gasteiger partial charge in [-0.15, -0.1) is 0 Å². The van der Waals surface area contributed by atoms with Crippen LogP contribution in [0.1, 0.15) is 21.5 Å². The van der Waals surface area contributed by atoms with E-state index in [1.165, 1.54) is 11.1 Å². The quantitative estimate of drug-likeness (QED) is 0.675. The minimum absolute atomic E-state index is 0.166. The number of thioether (sulfide) groups is 1. The van der Waals surface area contributed by atoms with Crippen molar-refractivity contribution >= 4 is 23.6 Å². The second kappa shape index (κ2) is 9.74. The summed E-state index contributed by atoms with van der Waals surface area (Å²) < 4.78 is 5.20. The van der Waals surface area contributed by atoms with Crippen LogP contribution in [0.3, 0.4) is 0 Å². The molecule has 2 amide bonds. The molecule has 0 unspecified atom stereocenters. The number of benzene rings is 2. The van der Waals surface area contributed by atoms with Crippen LogP contribution in [0.15, 0.2) is 48.5 Å². The van der Waals surface area contributed by atoms with Crippen LogP contribution in [0, 0.1) is 6.92 Å². The van der Waals surface area contributed by atoms with Crippen molar-refractivity contribution in [1.29, 1.82) is 0 Å². The molecule has 0 spiro atoms. The number of carbonyl (C=O) groups excluding carboxylic acids is 2. The summed E-state index contributed by atoms with van der Waals surface area (Å²) in [4.78, 5) is 22.9. The van der Waals surface area contributed by atoms with E-state index in [9.17, 15) is 9.59 Å². The molecule has 2 aromatic rings. The fourth-order valence-electron chi connectivity index (χ4n) is 2.09. The van der Waals surface area contributed by atoms with Crippen LogP contribution in [0.2, 0.25) is 0 Å². The molecular weight excluding hydrogens is 336 g/mol. The van der Waals surface area contributed by atoms with E-state index in [-0.39, 0.29) is 12.5 Å². The Hall–Kier alpha value is -2.47. The van der Waals surface area contributed by atoms with Gasteiger partial charge in [0.15, 0.2) is 6.61 Å². The zero-order chi connectivity index (χ0) is 18.1. The summed E-state index contributed by atoms with van der Waals surface area (Å²) in [6.45, 7) is 2.45. The lowest BCUT2D eigenvalue weighted by molar-refractivity contribution is -0.119. The molecule has 0 aromatic heterocycles. The van der Waals surface area contributed by atoms with Crippen molar-refractivity contribution in [1.82, 2.24) is 5.32 Å². The predicted octanol–water partition coefficient (Wildman–Crippen LogP) is 2.52. The van der Waals surface area contributed by atoms with E-state index in [0.29, 0.717) is 17.9 Å². The van der Waals surface area contributed by atoms with Crippen molar-refractivity contribution in [3.63, 3.8) is 0 Å². The summed E-state index contributed by atoms with van der Waals surface area (Å²) in [6.07, 6.45) is 0. The van der Waals surface area contributed by atoms with Gasteiger partial charge in [-0.2, -0.15) is 11.8 Å². The highest BCUT2D eigenvalue weighted by atomic mass is 32.2. The average molecular weight is 358 g/mol. The number of hydrogen-bond donors (Lipinski definition) is 2. The predicted molar refractivity (Wildman–Crippen MR) is 101 cm³/mol. The van der Waals surface area contributed by atoms with E-state index in [1.807, 2.05) is 0 Å². The number of nitrogens with two attached hydrogens (primary N) is 1. The zero-order valence-electron chi connectivity index (χ0n) is 14.2. The van der Waals surface area contributed by atoms with Crippen LogP contribution in [0.4, 0.5) is 0 Å². The molecular formula is C19H22N2O3S. The Morgan fingerprint density at radius 3 is 2.64 bits per heavy atom. The van der Waals surface area contributed by atoms with Crippen LogP contribution < -0.4 is 15.8 Å². The number of primary amides is 1. The van der Waals surface area contributed by atoms with Gasteiger partial charge in [0.05, 0.1) is 0 Å². The highest BCUT2D eigenvalue weighted by molar-refractivity contribution is 7.98. The molecule has 0 saturated carbocycles. The maximum atomic E-state index is 12.1. The van der Waals surface area contributed by atoms with Crippen LogP contribution in [-0.4, -0.2) is 30.7 Å². The smallest absolute Gasteiger partial charge is 0.255 e. The molecule has 0 atom stereocenters. The minimum atomic E-state index is -0.555. The number of amides is 2. The summed E-state index contributed by atoms with van der Waals surface area (Å²) in [6, 6.07) is 15.1. The van der Waals surface area contributed by atoms with E-state index in [1.54, 1.807) is 36.0 Å². The molecule has 2 rings (SSSR count). The van der Waals surface area contributed by atoms with Gasteiger partial charge in [0.1, 0.15) is 5.75 Å². The first-order chi connectivity index (χ1) is 12.0. The van der Waals surface area contributed by atoms with Crippen molar-refractivity contribution in [3.05, 3.63) is 65.2 Å². The van der Waals surface area contributed by atoms with Gasteiger partial charge in [-0.3, -0.25) is 9.59 Å². The largest absolute Gasteiger partial charge is 0.484 e. The van der Waals surface area contributed by atoms with E-state index in [0.717, 1.165) is 11.5 Å². The number of aryl methyl sites for hydroxylation is 1. The molecule has 0 aliphatic rings. The molecule has 0 radical (unpaired) electrons. The Morgan fingerprint density at radius 1 is 1.16 bits per heavy atom. The average Bonchev–Trinajstić information content (AvgIpc) is 2.61. The molecule has 0 fully saturated rings. The van der Waals surface area contributed by atoms with Crippen LogP contribution >= 0.6 is 11.8 Å². The summed E-state index contributed by atoms with van der Waals surface area (Å²) in [5, 5.41) is 2.88. The standard InChI is InChI=1S/C19H22N2O3S/c1-14-5-7-15(8-6-14)13-25-10-9-21-19(23)16-3-2-4-17(11-16)24-12-18(20)22/h2-8,11H,9-10,12-13H2,1H3,(H2,20,22)(H,21,23). The van der Waals surface area contributed by atoms with E-state index in [2.05, 4.69) is 36.5 Å². The van der Waals surface area contributed by atoms with Crippen molar-refractivity contribution in [3.8, 4) is 5.75 Å². The summed E-state index contributed by atoms with van der Waals surface area (Å²) >= 11 is 1.77. The van der Waals surface area contributed by atoms with Crippen LogP contribution in [-0.2, 0) is 10.5 Å². The molecule has 0 saturated heterocycles. The molecule has 3 N–H and O–H groups in total. The molecule has 2 aromatic carbocycles. The highest BCUT2D eigenvalue weighted by Crippen LogP contribution is 2.14. The molecule has 6 heteroatoms. The van der Waals surface area contributed by atoms with E-state index in [4.69, 9.17) is 10.5 Å². The Bertz CT molecular complexity index is 717. The number of rotatable bonds is 9. The Labute approximate surface area is 151 Å². The lowest BCUT2D eigenvalue weighted by atomic mass is 10.2. The monoisotopic (exact) mass is 358 g/mol. The Kier molecular flexibility index (Phi) is 7.35. The van der Waals surface area contributed by atoms with Crippen molar-refractivity contribution in [2.75, 3.05) is 18.9 Å². The van der Waals surface area contributed by atoms with E-state index < -0.39 is 5.91 Å². The van der Waals surface area contributed by atoms with Gasteiger partial charge in [-0.25, -0.2) is 0 Å². The van der Waals surface area contributed by atoms with Gasteiger partial charge in [0.2, 0.25) is 0 Å². The van der Waals surface area contributed by atoms with Gasteiger partial charge >= 0.3 is 0 Å². The summed E-state index contributed by atoms with van der Waals surface area (Å²) in [7, 11) is 0. The molecule has 0 heterocycles. The maximum absolute atomic E-state index is 12.1. The van der Waals surface area contributed by atoms with Gasteiger partial charge in [0.25, 0.3) is 11.8 Å². The number of nitrogens with one attached hydrogen (secondary N) is 1. The molecule has 0 aliphatic heterocycles. The molecule has 0 bridgehead atoms. The van der Waals surface area contributed by atoms with E-state index >= 15 is 0 Å². The third kappa shape index (κ3) is 6.89. The van der Waals surface area contributed by atoms with Gasteiger partial charge in [0, 0.05) is 23.6 Å². The fourth-order valence-corrected chi connectivity index (χ4v) is 2.91. The maximum Gasteiger partial charge on any atom is 0.255 e. The third-order valence-corrected chi connectivity index (χ3v) is 4.43. The number of hydrogen-bond acceptors (Lipinski definition) is 4. The molecule has 5 nitrogen and oxygen atoms in total. The van der Waals surface area contributed by atoms with Crippen molar-refractivity contribution < 1.29 is 14.3 Å². The van der Waals surface area contributed by atoms with Gasteiger partial charge < -0.3 is 15.8 Å². The SMILES string of the molecule is Cc1ccc(CSCCNC(=O)c2cccc(OCC(N)=O)c2)cc1. The molecule has 0 aliphatic carbocycles. The molecule has 132 valence electrons. The normalized spacial score (nSPS) is 10.3. The number of carbonyl (C=O) groups is 2. The third-order valence-electron chi connectivity index (χ3n) is 3.40. The first-order valence-electron chi connectivity index (χ1n) is 7.97. The first-order valence-corrected chi connectivity index (χ1v) is 9.13. The lowest BCUT2D eigenvalue weighted by Gasteiger charge is -2.08. The summed E-state index contributed by atoms with van der Waals surface area (Å²) in [5.41, 5.74) is 8.06. The second-order valence-electron chi connectivity index (χ2n) is 5.58. The zero-order valence-corrected chi connectivity index (χ0v) is 15.0.